The Bertz CT molecular complexity index is 970. The predicted octanol–water partition coefficient (Wildman–Crippen LogP) is 4.27. The summed E-state index contributed by atoms with van der Waals surface area (Å²) >= 11 is 5.87. The van der Waals surface area contributed by atoms with Gasteiger partial charge in [0.1, 0.15) is 5.69 Å². The molecule has 3 aromatic rings. The van der Waals surface area contributed by atoms with Crippen LogP contribution in [-0.4, -0.2) is 23.3 Å². The molecule has 0 saturated carbocycles. The zero-order valence-electron chi connectivity index (χ0n) is 15.4. The van der Waals surface area contributed by atoms with Crippen molar-refractivity contribution in [1.82, 2.24) is 10.3 Å². The SMILES string of the molecule is Cc1ccc(NC(=O)c2cc(C(=O)NCCc3ccc(Cl)cc3)ccn2)cc1. The number of amides is 2. The number of nitrogens with one attached hydrogen (secondary N) is 2. The molecule has 0 unspecified atom stereocenters. The van der Waals surface area contributed by atoms with E-state index in [1.165, 1.54) is 12.3 Å². The molecular formula is C22H20ClN3O2. The molecule has 0 bridgehead atoms. The first-order valence-electron chi connectivity index (χ1n) is 8.88. The number of rotatable bonds is 6. The van der Waals surface area contributed by atoms with Gasteiger partial charge in [0.15, 0.2) is 0 Å². The van der Waals surface area contributed by atoms with Crippen LogP contribution >= 0.6 is 11.6 Å². The van der Waals surface area contributed by atoms with Crippen LogP contribution in [0.1, 0.15) is 32.0 Å². The van der Waals surface area contributed by atoms with Gasteiger partial charge in [0.05, 0.1) is 0 Å². The topological polar surface area (TPSA) is 71.1 Å². The highest BCUT2D eigenvalue weighted by atomic mass is 35.5. The Kier molecular flexibility index (Phi) is 6.40. The van der Waals surface area contributed by atoms with Crippen LogP contribution in [0.2, 0.25) is 5.02 Å². The van der Waals surface area contributed by atoms with E-state index in [2.05, 4.69) is 15.6 Å². The molecule has 0 aliphatic rings. The number of benzene rings is 2. The number of carbonyl (C=O) groups excluding carboxylic acids is 2. The maximum Gasteiger partial charge on any atom is 0.274 e. The number of halogens is 1. The van der Waals surface area contributed by atoms with E-state index in [1.807, 2.05) is 55.5 Å². The van der Waals surface area contributed by atoms with E-state index < -0.39 is 0 Å². The lowest BCUT2D eigenvalue weighted by molar-refractivity contribution is 0.0954. The first-order chi connectivity index (χ1) is 13.5. The van der Waals surface area contributed by atoms with Crippen LogP contribution in [0.15, 0.2) is 66.9 Å². The van der Waals surface area contributed by atoms with E-state index in [1.54, 1.807) is 6.07 Å². The highest BCUT2D eigenvalue weighted by Gasteiger charge is 2.12. The predicted molar refractivity (Wildman–Crippen MR) is 111 cm³/mol. The van der Waals surface area contributed by atoms with Gasteiger partial charge in [-0.05, 0) is 55.3 Å². The lowest BCUT2D eigenvalue weighted by atomic mass is 10.1. The summed E-state index contributed by atoms with van der Waals surface area (Å²) < 4.78 is 0. The van der Waals surface area contributed by atoms with Gasteiger partial charge in [-0.2, -0.15) is 0 Å². The van der Waals surface area contributed by atoms with Crippen LogP contribution in [0.25, 0.3) is 0 Å². The minimum Gasteiger partial charge on any atom is -0.352 e. The lowest BCUT2D eigenvalue weighted by Gasteiger charge is -2.08. The summed E-state index contributed by atoms with van der Waals surface area (Å²) in [6, 6.07) is 18.0. The molecule has 142 valence electrons. The van der Waals surface area contributed by atoms with Gasteiger partial charge in [0.25, 0.3) is 11.8 Å². The zero-order valence-corrected chi connectivity index (χ0v) is 16.2. The van der Waals surface area contributed by atoms with Crippen LogP contribution in [0.4, 0.5) is 5.69 Å². The van der Waals surface area contributed by atoms with Crippen molar-refractivity contribution in [2.45, 2.75) is 13.3 Å². The van der Waals surface area contributed by atoms with E-state index in [4.69, 9.17) is 11.6 Å². The number of hydrogen-bond acceptors (Lipinski definition) is 3. The highest BCUT2D eigenvalue weighted by molar-refractivity contribution is 6.30. The molecule has 0 fully saturated rings. The fraction of sp³-hybridized carbons (Fsp3) is 0.136. The summed E-state index contributed by atoms with van der Waals surface area (Å²) in [6.45, 7) is 2.45. The molecule has 28 heavy (non-hydrogen) atoms. The molecule has 0 saturated heterocycles. The fourth-order valence-corrected chi connectivity index (χ4v) is 2.73. The summed E-state index contributed by atoms with van der Waals surface area (Å²) in [5.41, 5.74) is 3.44. The zero-order chi connectivity index (χ0) is 19.9. The minimum atomic E-state index is -0.361. The molecule has 0 atom stereocenters. The Balaban J connectivity index is 1.58. The largest absolute Gasteiger partial charge is 0.352 e. The smallest absolute Gasteiger partial charge is 0.274 e. The van der Waals surface area contributed by atoms with Gasteiger partial charge in [0, 0.05) is 29.0 Å². The Hall–Kier alpha value is -3.18. The minimum absolute atomic E-state index is 0.186. The Labute approximate surface area is 168 Å². The van der Waals surface area contributed by atoms with Gasteiger partial charge in [-0.1, -0.05) is 41.4 Å². The van der Waals surface area contributed by atoms with Crippen LogP contribution in [0.3, 0.4) is 0 Å². The second kappa shape index (κ2) is 9.15. The van der Waals surface area contributed by atoms with Gasteiger partial charge in [-0.3, -0.25) is 14.6 Å². The van der Waals surface area contributed by atoms with E-state index in [9.17, 15) is 9.59 Å². The number of carbonyl (C=O) groups is 2. The average Bonchev–Trinajstić information content (AvgIpc) is 2.71. The van der Waals surface area contributed by atoms with Crippen molar-refractivity contribution in [2.24, 2.45) is 0 Å². The maximum absolute atomic E-state index is 12.4. The normalized spacial score (nSPS) is 10.4. The molecule has 1 heterocycles. The fourth-order valence-electron chi connectivity index (χ4n) is 2.60. The molecule has 2 amide bonds. The molecule has 0 aliphatic heterocycles. The Morgan fingerprint density at radius 3 is 2.39 bits per heavy atom. The number of nitrogens with zero attached hydrogens (tertiary/aromatic N) is 1. The number of hydrogen-bond donors (Lipinski definition) is 2. The molecule has 0 aliphatic carbocycles. The molecular weight excluding hydrogens is 374 g/mol. The monoisotopic (exact) mass is 393 g/mol. The van der Waals surface area contributed by atoms with Gasteiger partial charge >= 0.3 is 0 Å². The van der Waals surface area contributed by atoms with Crippen molar-refractivity contribution < 1.29 is 9.59 Å². The lowest BCUT2D eigenvalue weighted by Crippen LogP contribution is -2.26. The van der Waals surface area contributed by atoms with Crippen molar-refractivity contribution in [3.8, 4) is 0 Å². The molecule has 6 heteroatoms. The third kappa shape index (κ3) is 5.41. The van der Waals surface area contributed by atoms with E-state index in [-0.39, 0.29) is 17.5 Å². The summed E-state index contributed by atoms with van der Waals surface area (Å²) in [5.74, 6) is -0.611. The van der Waals surface area contributed by atoms with Crippen molar-refractivity contribution in [2.75, 3.05) is 11.9 Å². The molecule has 2 aromatic carbocycles. The quantitative estimate of drug-likeness (QED) is 0.657. The number of aryl methyl sites for hydroxylation is 1. The second-order valence-corrected chi connectivity index (χ2v) is 6.82. The second-order valence-electron chi connectivity index (χ2n) is 6.38. The summed E-state index contributed by atoms with van der Waals surface area (Å²) in [5, 5.41) is 6.31. The number of aromatic nitrogens is 1. The van der Waals surface area contributed by atoms with Gasteiger partial charge in [-0.15, -0.1) is 0 Å². The van der Waals surface area contributed by atoms with E-state index in [0.29, 0.717) is 29.2 Å². The molecule has 5 nitrogen and oxygen atoms in total. The first kappa shape index (κ1) is 19.6. The van der Waals surface area contributed by atoms with Crippen LogP contribution < -0.4 is 10.6 Å². The summed E-state index contributed by atoms with van der Waals surface area (Å²) in [4.78, 5) is 28.8. The molecule has 0 spiro atoms. The van der Waals surface area contributed by atoms with Crippen molar-refractivity contribution in [3.05, 3.63) is 94.3 Å². The van der Waals surface area contributed by atoms with Gasteiger partial charge < -0.3 is 10.6 Å². The van der Waals surface area contributed by atoms with E-state index in [0.717, 1.165) is 11.1 Å². The van der Waals surface area contributed by atoms with Crippen molar-refractivity contribution in [1.29, 1.82) is 0 Å². The third-order valence-electron chi connectivity index (χ3n) is 4.18. The van der Waals surface area contributed by atoms with Crippen LogP contribution in [-0.2, 0) is 6.42 Å². The summed E-state index contributed by atoms with van der Waals surface area (Å²) in [6.07, 6.45) is 2.15. The summed E-state index contributed by atoms with van der Waals surface area (Å²) in [7, 11) is 0. The van der Waals surface area contributed by atoms with Crippen LogP contribution in [0.5, 0.6) is 0 Å². The standard InChI is InChI=1S/C22H20ClN3O2/c1-15-2-8-19(9-3-15)26-22(28)20-14-17(11-13-24-20)21(27)25-12-10-16-4-6-18(23)7-5-16/h2-9,11,13-14H,10,12H2,1H3,(H,25,27)(H,26,28). The van der Waals surface area contributed by atoms with Crippen molar-refractivity contribution >= 4 is 29.1 Å². The number of anilines is 1. The van der Waals surface area contributed by atoms with E-state index >= 15 is 0 Å². The van der Waals surface area contributed by atoms with Gasteiger partial charge in [0.2, 0.25) is 0 Å². The first-order valence-corrected chi connectivity index (χ1v) is 9.26. The maximum atomic E-state index is 12.4. The molecule has 3 rings (SSSR count). The number of pyridine rings is 1. The highest BCUT2D eigenvalue weighted by Crippen LogP contribution is 2.12. The van der Waals surface area contributed by atoms with Crippen LogP contribution in [0, 0.1) is 6.92 Å². The third-order valence-corrected chi connectivity index (χ3v) is 4.43. The molecule has 2 N–H and O–H groups in total. The van der Waals surface area contributed by atoms with Crippen molar-refractivity contribution in [3.63, 3.8) is 0 Å². The Morgan fingerprint density at radius 1 is 0.964 bits per heavy atom. The Morgan fingerprint density at radius 2 is 1.68 bits per heavy atom. The molecule has 0 radical (unpaired) electrons. The van der Waals surface area contributed by atoms with Gasteiger partial charge in [-0.25, -0.2) is 0 Å². The average molecular weight is 394 g/mol. The molecule has 1 aromatic heterocycles.